The van der Waals surface area contributed by atoms with Gasteiger partial charge in [-0.15, -0.1) is 11.6 Å². The molecule has 0 saturated heterocycles. The van der Waals surface area contributed by atoms with Gasteiger partial charge in [0.05, 0.1) is 11.9 Å². The van der Waals surface area contributed by atoms with E-state index in [0.717, 1.165) is 27.0 Å². The van der Waals surface area contributed by atoms with Gasteiger partial charge in [-0.3, -0.25) is 4.98 Å². The lowest BCUT2D eigenvalue weighted by atomic mass is 10.1. The molecule has 0 spiro atoms. The molecule has 0 aromatic carbocycles. The van der Waals surface area contributed by atoms with Gasteiger partial charge < -0.3 is 4.57 Å². The number of halogens is 2. The normalized spacial score (nSPS) is 12.8. The fourth-order valence-electron chi connectivity index (χ4n) is 2.30. The van der Waals surface area contributed by atoms with Gasteiger partial charge >= 0.3 is 0 Å². The molecule has 21 heavy (non-hydrogen) atoms. The molecule has 0 radical (unpaired) electrons. The predicted molar refractivity (Wildman–Crippen MR) is 87.6 cm³/mol. The van der Waals surface area contributed by atoms with Crippen molar-refractivity contribution in [1.82, 2.24) is 19.5 Å². The average Bonchev–Trinajstić information content (AvgIpc) is 2.79. The third-order valence-electron chi connectivity index (χ3n) is 3.41. The van der Waals surface area contributed by atoms with E-state index in [4.69, 9.17) is 11.6 Å². The van der Waals surface area contributed by atoms with Gasteiger partial charge in [0.2, 0.25) is 0 Å². The van der Waals surface area contributed by atoms with Crippen LogP contribution >= 0.6 is 27.5 Å². The summed E-state index contributed by atoms with van der Waals surface area (Å²) in [5.41, 5.74) is 4.01. The molecule has 0 bridgehead atoms. The third kappa shape index (κ3) is 2.80. The topological polar surface area (TPSA) is 43.6 Å². The number of fused-ring (bicyclic) bond motifs is 1. The Bertz CT molecular complexity index is 797. The number of imidazole rings is 1. The molecule has 0 fully saturated rings. The lowest BCUT2D eigenvalue weighted by molar-refractivity contribution is 0.731. The van der Waals surface area contributed by atoms with E-state index >= 15 is 0 Å². The maximum absolute atomic E-state index is 6.29. The molecule has 4 nitrogen and oxygen atoms in total. The summed E-state index contributed by atoms with van der Waals surface area (Å²) in [7, 11) is 0. The first kappa shape index (κ1) is 14.5. The minimum absolute atomic E-state index is 0.185. The summed E-state index contributed by atoms with van der Waals surface area (Å²) in [5, 5.41) is -0.185. The minimum atomic E-state index is -0.185. The van der Waals surface area contributed by atoms with E-state index < -0.39 is 0 Å². The van der Waals surface area contributed by atoms with Crippen molar-refractivity contribution in [3.05, 3.63) is 52.1 Å². The number of hydrogen-bond donors (Lipinski definition) is 0. The molecule has 3 aromatic heterocycles. The Hall–Kier alpha value is -1.46. The van der Waals surface area contributed by atoms with Crippen LogP contribution in [0.4, 0.5) is 0 Å². The Morgan fingerprint density at radius 1 is 1.38 bits per heavy atom. The van der Waals surface area contributed by atoms with Crippen LogP contribution in [0.15, 0.2) is 35.2 Å². The van der Waals surface area contributed by atoms with Crippen LogP contribution in [0.1, 0.15) is 29.3 Å². The third-order valence-corrected chi connectivity index (χ3v) is 4.04. The maximum atomic E-state index is 6.29. The van der Waals surface area contributed by atoms with Gasteiger partial charge in [0.25, 0.3) is 0 Å². The highest BCUT2D eigenvalue weighted by Gasteiger charge is 2.17. The standard InChI is InChI=1S/C15H14BrClN4/c1-9-3-4-18-6-11(9)8-21-14(10(2)17)20-13-5-12(16)7-19-15(13)21/h3-7,10H,8H2,1-2H3. The summed E-state index contributed by atoms with van der Waals surface area (Å²) in [5.74, 6) is 0.820. The van der Waals surface area contributed by atoms with Gasteiger partial charge in [-0.05, 0) is 53.0 Å². The van der Waals surface area contributed by atoms with Crippen molar-refractivity contribution in [2.75, 3.05) is 0 Å². The average molecular weight is 366 g/mol. The molecule has 0 aliphatic carbocycles. The van der Waals surface area contributed by atoms with E-state index in [9.17, 15) is 0 Å². The van der Waals surface area contributed by atoms with Gasteiger partial charge in [0, 0.05) is 23.1 Å². The van der Waals surface area contributed by atoms with Gasteiger partial charge in [-0.25, -0.2) is 9.97 Å². The fourth-order valence-corrected chi connectivity index (χ4v) is 2.78. The fraction of sp³-hybridized carbons (Fsp3) is 0.267. The number of aryl methyl sites for hydroxylation is 1. The lowest BCUT2D eigenvalue weighted by Gasteiger charge is -2.11. The number of rotatable bonds is 3. The monoisotopic (exact) mass is 364 g/mol. The van der Waals surface area contributed by atoms with Gasteiger partial charge in [-0.1, -0.05) is 0 Å². The molecule has 3 aromatic rings. The zero-order valence-electron chi connectivity index (χ0n) is 11.7. The molecule has 1 unspecified atom stereocenters. The highest BCUT2D eigenvalue weighted by Crippen LogP contribution is 2.26. The Labute approximate surface area is 136 Å². The molecule has 0 N–H and O–H groups in total. The SMILES string of the molecule is Cc1ccncc1Cn1c(C(C)Cl)nc2cc(Br)cnc21. The van der Waals surface area contributed by atoms with E-state index in [2.05, 4.69) is 42.4 Å². The highest BCUT2D eigenvalue weighted by atomic mass is 79.9. The van der Waals surface area contributed by atoms with Gasteiger partial charge in [0.1, 0.15) is 11.3 Å². The first-order chi connectivity index (χ1) is 10.1. The Kier molecular flexibility index (Phi) is 3.95. The van der Waals surface area contributed by atoms with E-state index in [1.54, 1.807) is 12.4 Å². The first-order valence-corrected chi connectivity index (χ1v) is 7.84. The van der Waals surface area contributed by atoms with Crippen LogP contribution in [0, 0.1) is 6.92 Å². The number of pyridine rings is 2. The molecule has 3 rings (SSSR count). The van der Waals surface area contributed by atoms with Crippen molar-refractivity contribution in [1.29, 1.82) is 0 Å². The molecule has 0 amide bonds. The second-order valence-electron chi connectivity index (χ2n) is 4.97. The van der Waals surface area contributed by atoms with Crippen LogP contribution in [0.5, 0.6) is 0 Å². The van der Waals surface area contributed by atoms with Crippen molar-refractivity contribution in [2.24, 2.45) is 0 Å². The van der Waals surface area contributed by atoms with Crippen molar-refractivity contribution in [3.63, 3.8) is 0 Å². The van der Waals surface area contributed by atoms with Crippen molar-refractivity contribution >= 4 is 38.7 Å². The Balaban J connectivity index is 2.16. The molecule has 0 aliphatic heterocycles. The van der Waals surface area contributed by atoms with Gasteiger partial charge in [-0.2, -0.15) is 0 Å². The summed E-state index contributed by atoms with van der Waals surface area (Å²) in [6.45, 7) is 4.66. The summed E-state index contributed by atoms with van der Waals surface area (Å²) in [4.78, 5) is 13.3. The summed E-state index contributed by atoms with van der Waals surface area (Å²) in [6, 6.07) is 3.96. The maximum Gasteiger partial charge on any atom is 0.160 e. The number of alkyl halides is 1. The molecular formula is C15H14BrClN4. The largest absolute Gasteiger partial charge is 0.307 e. The highest BCUT2D eigenvalue weighted by molar-refractivity contribution is 9.10. The molecular weight excluding hydrogens is 352 g/mol. The predicted octanol–water partition coefficient (Wildman–Crippen LogP) is 4.25. The second kappa shape index (κ2) is 5.73. The molecule has 3 heterocycles. The lowest BCUT2D eigenvalue weighted by Crippen LogP contribution is -2.07. The zero-order chi connectivity index (χ0) is 15.0. The minimum Gasteiger partial charge on any atom is -0.307 e. The van der Waals surface area contributed by atoms with Crippen molar-refractivity contribution in [3.8, 4) is 0 Å². The van der Waals surface area contributed by atoms with Crippen molar-refractivity contribution < 1.29 is 0 Å². The van der Waals surface area contributed by atoms with Crippen LogP contribution in [-0.2, 0) is 6.54 Å². The van der Waals surface area contributed by atoms with E-state index in [1.807, 2.05) is 25.3 Å². The number of hydrogen-bond acceptors (Lipinski definition) is 3. The Morgan fingerprint density at radius 3 is 2.90 bits per heavy atom. The van der Waals surface area contributed by atoms with Gasteiger partial charge in [0.15, 0.2) is 5.65 Å². The summed E-state index contributed by atoms with van der Waals surface area (Å²) < 4.78 is 2.97. The quantitative estimate of drug-likeness (QED) is 0.652. The smallest absolute Gasteiger partial charge is 0.160 e. The second-order valence-corrected chi connectivity index (χ2v) is 6.54. The van der Waals surface area contributed by atoms with E-state index in [0.29, 0.717) is 6.54 Å². The molecule has 108 valence electrons. The molecule has 0 saturated carbocycles. The summed E-state index contributed by atoms with van der Waals surface area (Å²) >= 11 is 9.71. The van der Waals surface area contributed by atoms with Crippen LogP contribution < -0.4 is 0 Å². The van der Waals surface area contributed by atoms with E-state index in [-0.39, 0.29) is 5.38 Å². The van der Waals surface area contributed by atoms with Crippen LogP contribution in [0.3, 0.4) is 0 Å². The van der Waals surface area contributed by atoms with Crippen LogP contribution in [-0.4, -0.2) is 19.5 Å². The van der Waals surface area contributed by atoms with E-state index in [1.165, 1.54) is 5.56 Å². The molecule has 0 aliphatic rings. The molecule has 6 heteroatoms. The van der Waals surface area contributed by atoms with Crippen LogP contribution in [0.2, 0.25) is 0 Å². The first-order valence-electron chi connectivity index (χ1n) is 6.61. The molecule has 1 atom stereocenters. The number of nitrogens with zero attached hydrogens (tertiary/aromatic N) is 4. The Morgan fingerprint density at radius 2 is 2.19 bits per heavy atom. The summed E-state index contributed by atoms with van der Waals surface area (Å²) in [6.07, 6.45) is 5.45. The van der Waals surface area contributed by atoms with Crippen molar-refractivity contribution in [2.45, 2.75) is 25.8 Å². The zero-order valence-corrected chi connectivity index (χ0v) is 14.1. The van der Waals surface area contributed by atoms with Crippen LogP contribution in [0.25, 0.3) is 11.2 Å². The number of aromatic nitrogens is 4.